The van der Waals surface area contributed by atoms with Crippen LogP contribution in [-0.4, -0.2) is 53.8 Å². The number of imide groups is 1. The van der Waals surface area contributed by atoms with Gasteiger partial charge in [0, 0.05) is 5.66 Å². The number of carbonyl (C=O) groups is 3. The van der Waals surface area contributed by atoms with E-state index in [-0.39, 0.29) is 11.1 Å². The van der Waals surface area contributed by atoms with Crippen LogP contribution in [-0.2, 0) is 14.1 Å². The molecular weight excluding hydrogens is 353 g/mol. The number of methoxy groups -OCH3 is 1. The standard InChI is InChI=1S/C19H26NO5P/c1-5-10-15(26(24,6-2)7-3)16(19(23)25-4)20-17(21)13-11-8-9-12-14(13)18(20)22/h8-9,11-12,15-16H,5-7,10H2,1-4H3. The molecule has 0 N–H and O–H groups in total. The van der Waals surface area contributed by atoms with Gasteiger partial charge in [-0.1, -0.05) is 39.3 Å². The van der Waals surface area contributed by atoms with Crippen LogP contribution in [0.5, 0.6) is 0 Å². The molecule has 2 amide bonds. The van der Waals surface area contributed by atoms with Gasteiger partial charge >= 0.3 is 5.97 Å². The van der Waals surface area contributed by atoms with E-state index in [1.54, 1.807) is 24.3 Å². The molecule has 142 valence electrons. The third-order valence-electron chi connectivity index (χ3n) is 5.17. The number of carbonyl (C=O) groups excluding carboxylic acids is 3. The second kappa shape index (κ2) is 8.17. The Kier molecular flexibility index (Phi) is 6.40. The molecule has 0 bridgehead atoms. The minimum Gasteiger partial charge on any atom is -0.467 e. The van der Waals surface area contributed by atoms with Crippen molar-refractivity contribution in [1.29, 1.82) is 0 Å². The third kappa shape index (κ3) is 3.35. The molecular formula is C19H26NO5P. The molecule has 0 saturated carbocycles. The summed E-state index contributed by atoms with van der Waals surface area (Å²) in [6, 6.07) is 5.31. The fourth-order valence-electron chi connectivity index (χ4n) is 3.65. The van der Waals surface area contributed by atoms with Gasteiger partial charge in [0.1, 0.15) is 6.04 Å². The van der Waals surface area contributed by atoms with Crippen LogP contribution >= 0.6 is 7.14 Å². The van der Waals surface area contributed by atoms with E-state index in [1.165, 1.54) is 7.11 Å². The van der Waals surface area contributed by atoms with Gasteiger partial charge in [-0.05, 0) is 30.9 Å². The summed E-state index contributed by atoms with van der Waals surface area (Å²) in [5, 5.41) is 0. The number of ether oxygens (including phenoxy) is 1. The van der Waals surface area contributed by atoms with Crippen LogP contribution in [0.1, 0.15) is 54.3 Å². The lowest BCUT2D eigenvalue weighted by Gasteiger charge is -2.35. The molecule has 0 spiro atoms. The number of benzene rings is 1. The van der Waals surface area contributed by atoms with E-state index in [4.69, 9.17) is 4.74 Å². The predicted octanol–water partition coefficient (Wildman–Crippen LogP) is 3.40. The number of hydrogen-bond acceptors (Lipinski definition) is 5. The van der Waals surface area contributed by atoms with Crippen molar-refractivity contribution in [2.45, 2.75) is 45.3 Å². The lowest BCUT2D eigenvalue weighted by atomic mass is 10.1. The lowest BCUT2D eigenvalue weighted by molar-refractivity contribution is -0.145. The molecule has 7 heteroatoms. The second-order valence-electron chi connectivity index (χ2n) is 6.43. The predicted molar refractivity (Wildman–Crippen MR) is 100 cm³/mol. The van der Waals surface area contributed by atoms with Crippen LogP contribution < -0.4 is 0 Å². The normalized spacial score (nSPS) is 16.4. The maximum Gasteiger partial charge on any atom is 0.329 e. The fraction of sp³-hybridized carbons (Fsp3) is 0.526. The Morgan fingerprint density at radius 2 is 1.58 bits per heavy atom. The van der Waals surface area contributed by atoms with Crippen molar-refractivity contribution in [3.05, 3.63) is 35.4 Å². The average molecular weight is 379 g/mol. The molecule has 0 saturated heterocycles. The Bertz CT molecular complexity index is 717. The van der Waals surface area contributed by atoms with E-state index in [0.29, 0.717) is 25.2 Å². The van der Waals surface area contributed by atoms with E-state index in [2.05, 4.69) is 0 Å². The Morgan fingerprint density at radius 1 is 1.08 bits per heavy atom. The van der Waals surface area contributed by atoms with Crippen LogP contribution in [0.4, 0.5) is 0 Å². The molecule has 2 unspecified atom stereocenters. The quantitative estimate of drug-likeness (QED) is 0.393. The molecule has 26 heavy (non-hydrogen) atoms. The summed E-state index contributed by atoms with van der Waals surface area (Å²) < 4.78 is 18.4. The zero-order valence-corrected chi connectivity index (χ0v) is 16.6. The summed E-state index contributed by atoms with van der Waals surface area (Å²) in [6.07, 6.45) is 1.98. The van der Waals surface area contributed by atoms with Crippen molar-refractivity contribution in [1.82, 2.24) is 4.90 Å². The van der Waals surface area contributed by atoms with Gasteiger partial charge in [0.2, 0.25) is 0 Å². The first kappa shape index (κ1) is 20.4. The Balaban J connectivity index is 2.58. The monoisotopic (exact) mass is 379 g/mol. The Labute approximate surface area is 154 Å². The Morgan fingerprint density at radius 3 is 1.96 bits per heavy atom. The molecule has 0 radical (unpaired) electrons. The van der Waals surface area contributed by atoms with Gasteiger partial charge in [-0.2, -0.15) is 0 Å². The molecule has 0 aromatic heterocycles. The van der Waals surface area contributed by atoms with Crippen molar-refractivity contribution < 1.29 is 23.7 Å². The number of nitrogens with zero attached hydrogens (tertiary/aromatic N) is 1. The average Bonchev–Trinajstić information content (AvgIpc) is 2.92. The van der Waals surface area contributed by atoms with Crippen molar-refractivity contribution >= 4 is 24.9 Å². The zero-order valence-electron chi connectivity index (χ0n) is 15.7. The van der Waals surface area contributed by atoms with E-state index in [9.17, 15) is 18.9 Å². The molecule has 1 aromatic rings. The minimum absolute atomic E-state index is 0.268. The summed E-state index contributed by atoms with van der Waals surface area (Å²) in [7, 11) is -1.56. The summed E-state index contributed by atoms with van der Waals surface area (Å²) in [6.45, 7) is 5.58. The first-order chi connectivity index (χ1) is 12.4. The molecule has 2 rings (SSSR count). The maximum absolute atomic E-state index is 13.5. The number of rotatable bonds is 8. The fourth-order valence-corrected chi connectivity index (χ4v) is 6.54. The van der Waals surface area contributed by atoms with Crippen molar-refractivity contribution in [3.8, 4) is 0 Å². The van der Waals surface area contributed by atoms with Gasteiger partial charge in [-0.15, -0.1) is 0 Å². The van der Waals surface area contributed by atoms with Gasteiger partial charge in [0.15, 0.2) is 0 Å². The van der Waals surface area contributed by atoms with E-state index < -0.39 is 36.6 Å². The van der Waals surface area contributed by atoms with Crippen LogP contribution in [0, 0.1) is 0 Å². The summed E-state index contributed by atoms with van der Waals surface area (Å²) >= 11 is 0. The van der Waals surface area contributed by atoms with Crippen molar-refractivity contribution in [3.63, 3.8) is 0 Å². The van der Waals surface area contributed by atoms with Gasteiger partial charge < -0.3 is 9.30 Å². The van der Waals surface area contributed by atoms with Gasteiger partial charge in [-0.3, -0.25) is 14.5 Å². The highest BCUT2D eigenvalue weighted by Gasteiger charge is 2.50. The summed E-state index contributed by atoms with van der Waals surface area (Å²) in [5.74, 6) is -1.75. The third-order valence-corrected chi connectivity index (χ3v) is 9.06. The van der Waals surface area contributed by atoms with Crippen LogP contribution in [0.15, 0.2) is 24.3 Å². The Hall–Kier alpha value is -1.94. The summed E-state index contributed by atoms with van der Waals surface area (Å²) in [5.41, 5.74) is -0.0638. The molecule has 1 aliphatic heterocycles. The molecule has 1 aliphatic rings. The number of hydrogen-bond donors (Lipinski definition) is 0. The van der Waals surface area contributed by atoms with Crippen molar-refractivity contribution in [2.75, 3.05) is 19.4 Å². The highest BCUT2D eigenvalue weighted by Crippen LogP contribution is 2.54. The maximum atomic E-state index is 13.5. The van der Waals surface area contributed by atoms with E-state index in [1.807, 2.05) is 20.8 Å². The number of amides is 2. The first-order valence-corrected chi connectivity index (χ1v) is 11.1. The van der Waals surface area contributed by atoms with Crippen LogP contribution in [0.2, 0.25) is 0 Å². The van der Waals surface area contributed by atoms with Gasteiger partial charge in [-0.25, -0.2) is 4.79 Å². The van der Waals surface area contributed by atoms with Crippen LogP contribution in [0.25, 0.3) is 0 Å². The highest BCUT2D eigenvalue weighted by atomic mass is 31.2. The number of esters is 1. The van der Waals surface area contributed by atoms with Crippen LogP contribution in [0.3, 0.4) is 0 Å². The molecule has 1 aromatic carbocycles. The molecule has 2 atom stereocenters. The molecule has 1 heterocycles. The SMILES string of the molecule is CCCC(C(C(=O)OC)N1C(=O)c2ccccc2C1=O)P(=O)(CC)CC. The van der Waals surface area contributed by atoms with Gasteiger partial charge in [0.25, 0.3) is 11.8 Å². The molecule has 6 nitrogen and oxygen atoms in total. The lowest BCUT2D eigenvalue weighted by Crippen LogP contribution is -2.52. The second-order valence-corrected chi connectivity index (χ2v) is 10.3. The molecule has 0 fully saturated rings. The van der Waals surface area contributed by atoms with E-state index >= 15 is 0 Å². The van der Waals surface area contributed by atoms with Gasteiger partial charge in [0.05, 0.1) is 25.4 Å². The smallest absolute Gasteiger partial charge is 0.329 e. The van der Waals surface area contributed by atoms with E-state index in [0.717, 1.165) is 4.90 Å². The first-order valence-electron chi connectivity index (χ1n) is 8.98. The van der Waals surface area contributed by atoms with Crippen molar-refractivity contribution in [2.24, 2.45) is 0 Å². The number of fused-ring (bicyclic) bond motifs is 1. The highest BCUT2D eigenvalue weighted by molar-refractivity contribution is 7.64. The topological polar surface area (TPSA) is 80.8 Å². The zero-order chi connectivity index (χ0) is 19.5. The summed E-state index contributed by atoms with van der Waals surface area (Å²) in [4.78, 5) is 39.4. The minimum atomic E-state index is -2.78. The molecule has 0 aliphatic carbocycles. The largest absolute Gasteiger partial charge is 0.467 e.